The molecular formula is C36H62N2O2. The topological polar surface area (TPSA) is 65.1 Å². The van der Waals surface area contributed by atoms with E-state index in [2.05, 4.69) is 17.2 Å². The van der Waals surface area contributed by atoms with Crippen LogP contribution in [0.25, 0.3) is 10.9 Å². The Bertz CT molecular complexity index is 875. The molecule has 1 amide bonds. The van der Waals surface area contributed by atoms with Crippen LogP contribution in [-0.2, 0) is 11.2 Å². The van der Waals surface area contributed by atoms with Crippen LogP contribution in [0.3, 0.4) is 0 Å². The molecule has 0 fully saturated rings. The second kappa shape index (κ2) is 23.7. The van der Waals surface area contributed by atoms with Gasteiger partial charge in [-0.2, -0.15) is 0 Å². The summed E-state index contributed by atoms with van der Waals surface area (Å²) in [6, 6.07) is 5.35. The zero-order valence-corrected chi connectivity index (χ0v) is 26.0. The third-order valence-electron chi connectivity index (χ3n) is 8.47. The van der Waals surface area contributed by atoms with E-state index in [1.807, 2.05) is 12.3 Å². The summed E-state index contributed by atoms with van der Waals surface area (Å²) in [5.41, 5.74) is 2.15. The molecule has 0 aliphatic rings. The standard InChI is InChI=1S/C36H62N2O2/c1-2-3-4-5-6-7-8-9-10-11-12-13-14-15-16-17-18-19-20-21-22-23-24-25-36(40)37-29-28-32-31-38-35-27-26-33(39)30-34(32)35/h26-27,30-31,38-39H,2-25,28-29H2,1H3,(H,37,40). The Morgan fingerprint density at radius 3 is 1.60 bits per heavy atom. The predicted octanol–water partition coefficient (Wildman–Crippen LogP) is 10.9. The number of carbonyl (C=O) groups is 1. The number of fused-ring (bicyclic) bond motifs is 1. The van der Waals surface area contributed by atoms with Gasteiger partial charge in [0.25, 0.3) is 0 Å². The fourth-order valence-electron chi connectivity index (χ4n) is 5.87. The molecule has 2 rings (SSSR count). The number of phenols is 1. The number of hydrogen-bond acceptors (Lipinski definition) is 2. The SMILES string of the molecule is CCCCCCCCCCCCCCCCCCCCCCCCCC(=O)NCCc1c[nH]c2ccc(O)cc12. The lowest BCUT2D eigenvalue weighted by molar-refractivity contribution is -0.121. The highest BCUT2D eigenvalue weighted by Gasteiger charge is 2.06. The first-order chi connectivity index (χ1) is 19.7. The molecule has 4 heteroatoms. The number of aromatic hydroxyl groups is 1. The number of amides is 1. The number of aromatic amines is 1. The van der Waals surface area contributed by atoms with Crippen molar-refractivity contribution in [3.05, 3.63) is 30.0 Å². The summed E-state index contributed by atoms with van der Waals surface area (Å²) in [4.78, 5) is 15.4. The number of hydrogen-bond donors (Lipinski definition) is 3. The van der Waals surface area contributed by atoms with Gasteiger partial charge in [0.15, 0.2) is 0 Å². The summed E-state index contributed by atoms with van der Waals surface area (Å²) in [6.45, 7) is 2.93. The van der Waals surface area contributed by atoms with E-state index in [1.165, 1.54) is 135 Å². The number of nitrogens with one attached hydrogen (secondary N) is 2. The number of phenolic OH excluding ortho intramolecular Hbond substituents is 1. The first kappa shape index (κ1) is 34.2. The molecule has 0 saturated carbocycles. The van der Waals surface area contributed by atoms with Gasteiger partial charge in [0.1, 0.15) is 5.75 Å². The average molecular weight is 555 g/mol. The van der Waals surface area contributed by atoms with Crippen molar-refractivity contribution in [3.8, 4) is 5.75 Å². The maximum atomic E-state index is 12.1. The van der Waals surface area contributed by atoms with Crippen LogP contribution in [0.5, 0.6) is 5.75 Å². The van der Waals surface area contributed by atoms with Crippen molar-refractivity contribution >= 4 is 16.8 Å². The molecule has 1 aromatic heterocycles. The second-order valence-electron chi connectivity index (χ2n) is 12.2. The normalized spacial score (nSPS) is 11.4. The van der Waals surface area contributed by atoms with Gasteiger partial charge in [-0.05, 0) is 36.6 Å². The minimum Gasteiger partial charge on any atom is -0.508 e. The molecule has 3 N–H and O–H groups in total. The highest BCUT2D eigenvalue weighted by atomic mass is 16.3. The van der Waals surface area contributed by atoms with E-state index in [9.17, 15) is 9.90 Å². The predicted molar refractivity (Wildman–Crippen MR) is 173 cm³/mol. The van der Waals surface area contributed by atoms with Gasteiger partial charge in [-0.25, -0.2) is 0 Å². The number of unbranched alkanes of at least 4 members (excludes halogenated alkanes) is 22. The third-order valence-corrected chi connectivity index (χ3v) is 8.47. The van der Waals surface area contributed by atoms with Crippen molar-refractivity contribution in [1.82, 2.24) is 10.3 Å². The Morgan fingerprint density at radius 1 is 0.675 bits per heavy atom. The quantitative estimate of drug-likeness (QED) is 0.0961. The molecule has 0 bridgehead atoms. The largest absolute Gasteiger partial charge is 0.508 e. The Hall–Kier alpha value is -1.97. The van der Waals surface area contributed by atoms with Crippen molar-refractivity contribution in [3.63, 3.8) is 0 Å². The van der Waals surface area contributed by atoms with E-state index in [1.54, 1.807) is 12.1 Å². The van der Waals surface area contributed by atoms with E-state index < -0.39 is 0 Å². The Labute approximate surface area is 246 Å². The van der Waals surface area contributed by atoms with Crippen LogP contribution in [-0.4, -0.2) is 22.5 Å². The van der Waals surface area contributed by atoms with Gasteiger partial charge in [-0.15, -0.1) is 0 Å². The molecule has 0 unspecified atom stereocenters. The molecule has 2 aromatic rings. The molecule has 0 spiro atoms. The zero-order chi connectivity index (χ0) is 28.5. The Kier molecular flexibility index (Phi) is 20.3. The van der Waals surface area contributed by atoms with Gasteiger partial charge in [-0.1, -0.05) is 148 Å². The lowest BCUT2D eigenvalue weighted by atomic mass is 10.0. The van der Waals surface area contributed by atoms with Gasteiger partial charge in [0, 0.05) is 30.1 Å². The van der Waals surface area contributed by atoms with Crippen LogP contribution < -0.4 is 5.32 Å². The lowest BCUT2D eigenvalue weighted by Crippen LogP contribution is -2.25. The molecule has 0 atom stereocenters. The van der Waals surface area contributed by atoms with E-state index in [4.69, 9.17) is 0 Å². The van der Waals surface area contributed by atoms with E-state index in [0.29, 0.717) is 13.0 Å². The maximum absolute atomic E-state index is 12.1. The van der Waals surface area contributed by atoms with Crippen molar-refractivity contribution in [2.45, 2.75) is 167 Å². The van der Waals surface area contributed by atoms with Crippen molar-refractivity contribution in [2.24, 2.45) is 0 Å². The number of H-pyrrole nitrogens is 1. The summed E-state index contributed by atoms with van der Waals surface area (Å²) < 4.78 is 0. The fourth-order valence-corrected chi connectivity index (χ4v) is 5.87. The molecule has 0 aliphatic carbocycles. The molecule has 228 valence electrons. The monoisotopic (exact) mass is 554 g/mol. The number of benzene rings is 1. The van der Waals surface area contributed by atoms with Crippen LogP contribution in [0, 0.1) is 0 Å². The summed E-state index contributed by atoms with van der Waals surface area (Å²) in [5, 5.41) is 13.8. The lowest BCUT2D eigenvalue weighted by Gasteiger charge is -2.06. The number of carbonyl (C=O) groups excluding carboxylic acids is 1. The molecule has 1 aromatic carbocycles. The van der Waals surface area contributed by atoms with Crippen molar-refractivity contribution < 1.29 is 9.90 Å². The molecule has 4 nitrogen and oxygen atoms in total. The highest BCUT2D eigenvalue weighted by molar-refractivity contribution is 5.84. The summed E-state index contributed by atoms with van der Waals surface area (Å²) in [7, 11) is 0. The first-order valence-corrected chi connectivity index (χ1v) is 17.3. The average Bonchev–Trinajstić information content (AvgIpc) is 3.35. The molecule has 1 heterocycles. The van der Waals surface area contributed by atoms with Crippen LogP contribution in [0.4, 0.5) is 0 Å². The zero-order valence-electron chi connectivity index (χ0n) is 26.0. The van der Waals surface area contributed by atoms with Crippen molar-refractivity contribution in [2.75, 3.05) is 6.54 Å². The minimum absolute atomic E-state index is 0.159. The van der Waals surface area contributed by atoms with Crippen molar-refractivity contribution in [1.29, 1.82) is 0 Å². The molecule has 0 radical (unpaired) electrons. The van der Waals surface area contributed by atoms with Crippen LogP contribution in [0.1, 0.15) is 167 Å². The van der Waals surface area contributed by atoms with Gasteiger partial charge < -0.3 is 15.4 Å². The maximum Gasteiger partial charge on any atom is 0.220 e. The second-order valence-corrected chi connectivity index (χ2v) is 12.2. The molecule has 0 aliphatic heterocycles. The van der Waals surface area contributed by atoms with E-state index in [-0.39, 0.29) is 11.7 Å². The molecule has 40 heavy (non-hydrogen) atoms. The summed E-state index contributed by atoms with van der Waals surface area (Å²) in [5.74, 6) is 0.434. The smallest absolute Gasteiger partial charge is 0.220 e. The van der Waals surface area contributed by atoms with E-state index in [0.717, 1.165) is 35.7 Å². The third kappa shape index (κ3) is 17.0. The fraction of sp³-hybridized carbons (Fsp3) is 0.750. The summed E-state index contributed by atoms with van der Waals surface area (Å²) in [6.07, 6.45) is 35.3. The van der Waals surface area contributed by atoms with Gasteiger partial charge in [-0.3, -0.25) is 4.79 Å². The Balaban J connectivity index is 1.25. The first-order valence-electron chi connectivity index (χ1n) is 17.3. The number of rotatable bonds is 27. The van der Waals surface area contributed by atoms with E-state index >= 15 is 0 Å². The minimum atomic E-state index is 0.159. The van der Waals surface area contributed by atoms with Gasteiger partial charge in [0.2, 0.25) is 5.91 Å². The van der Waals surface area contributed by atoms with Gasteiger partial charge >= 0.3 is 0 Å². The number of aromatic nitrogens is 1. The van der Waals surface area contributed by atoms with Crippen LogP contribution in [0.2, 0.25) is 0 Å². The van der Waals surface area contributed by atoms with Crippen LogP contribution in [0.15, 0.2) is 24.4 Å². The van der Waals surface area contributed by atoms with Crippen LogP contribution >= 0.6 is 0 Å². The van der Waals surface area contributed by atoms with Gasteiger partial charge in [0.05, 0.1) is 0 Å². The summed E-state index contributed by atoms with van der Waals surface area (Å²) >= 11 is 0. The molecule has 0 saturated heterocycles. The molecular weight excluding hydrogens is 492 g/mol. The Morgan fingerprint density at radius 2 is 1.12 bits per heavy atom. The highest BCUT2D eigenvalue weighted by Crippen LogP contribution is 2.23.